The number of rotatable bonds is 6. The fourth-order valence-electron chi connectivity index (χ4n) is 3.75. The maximum atomic E-state index is 13.4. The third kappa shape index (κ3) is 4.39. The van der Waals surface area contributed by atoms with Gasteiger partial charge >= 0.3 is 0 Å². The van der Waals surface area contributed by atoms with E-state index < -0.39 is 0 Å². The minimum absolute atomic E-state index is 0.201. The minimum Gasteiger partial charge on any atom is -0.365 e. The second-order valence-corrected chi connectivity index (χ2v) is 8.19. The molecule has 31 heavy (non-hydrogen) atoms. The molecule has 4 nitrogen and oxygen atoms in total. The number of hydrogen-bond acceptors (Lipinski definition) is 3. The molecule has 3 aromatic rings. The molecule has 0 saturated heterocycles. The maximum absolute atomic E-state index is 13.4. The molecule has 0 radical (unpaired) electrons. The van der Waals surface area contributed by atoms with Crippen LogP contribution >= 0.6 is 11.6 Å². The quantitative estimate of drug-likeness (QED) is 0.513. The van der Waals surface area contributed by atoms with Crippen molar-refractivity contribution in [2.24, 2.45) is 0 Å². The summed E-state index contributed by atoms with van der Waals surface area (Å²) >= 11 is 5.98. The highest BCUT2D eigenvalue weighted by molar-refractivity contribution is 6.35. The van der Waals surface area contributed by atoms with Crippen LogP contribution in [0.15, 0.2) is 84.6 Å². The number of aryl methyl sites for hydroxylation is 1. The van der Waals surface area contributed by atoms with Crippen LogP contribution in [0.2, 0.25) is 5.02 Å². The van der Waals surface area contributed by atoms with Crippen molar-refractivity contribution in [2.45, 2.75) is 20.0 Å². The Morgan fingerprint density at radius 1 is 0.806 bits per heavy atom. The monoisotopic (exact) mass is 430 g/mol. The number of carbonyl (C=O) groups excluding carboxylic acids is 2. The summed E-state index contributed by atoms with van der Waals surface area (Å²) in [7, 11) is 1.85. The van der Waals surface area contributed by atoms with Crippen molar-refractivity contribution < 1.29 is 9.59 Å². The van der Waals surface area contributed by atoms with E-state index in [0.717, 1.165) is 22.3 Å². The van der Waals surface area contributed by atoms with Crippen LogP contribution in [0.1, 0.15) is 22.3 Å². The number of halogens is 1. The van der Waals surface area contributed by atoms with Gasteiger partial charge in [0.2, 0.25) is 0 Å². The van der Waals surface area contributed by atoms with Crippen LogP contribution in [0.25, 0.3) is 5.57 Å². The lowest BCUT2D eigenvalue weighted by Gasteiger charge is -2.21. The summed E-state index contributed by atoms with van der Waals surface area (Å²) in [5, 5.41) is 0.615. The third-order valence-corrected chi connectivity index (χ3v) is 5.63. The van der Waals surface area contributed by atoms with Gasteiger partial charge in [0.05, 0.1) is 12.1 Å². The Morgan fingerprint density at radius 2 is 1.45 bits per heavy atom. The Kier molecular flexibility index (Phi) is 5.92. The first-order valence-corrected chi connectivity index (χ1v) is 10.5. The first-order chi connectivity index (χ1) is 14.9. The summed E-state index contributed by atoms with van der Waals surface area (Å²) < 4.78 is 0. The average Bonchev–Trinajstić information content (AvgIpc) is 3.01. The number of hydrogen-bond donors (Lipinski definition) is 0. The molecule has 0 aliphatic carbocycles. The molecular weight excluding hydrogens is 408 g/mol. The van der Waals surface area contributed by atoms with Crippen LogP contribution < -0.4 is 0 Å². The van der Waals surface area contributed by atoms with Crippen molar-refractivity contribution in [3.8, 4) is 0 Å². The third-order valence-electron chi connectivity index (χ3n) is 5.38. The van der Waals surface area contributed by atoms with Gasteiger partial charge in [0.15, 0.2) is 0 Å². The predicted molar refractivity (Wildman–Crippen MR) is 123 cm³/mol. The fourth-order valence-corrected chi connectivity index (χ4v) is 3.88. The zero-order valence-electron chi connectivity index (χ0n) is 17.5. The molecule has 0 saturated carbocycles. The first-order valence-electron chi connectivity index (χ1n) is 10.1. The predicted octanol–water partition coefficient (Wildman–Crippen LogP) is 5.06. The van der Waals surface area contributed by atoms with E-state index in [-0.39, 0.29) is 18.4 Å². The van der Waals surface area contributed by atoms with Crippen molar-refractivity contribution in [3.05, 3.63) is 112 Å². The normalized spacial score (nSPS) is 13.8. The lowest BCUT2D eigenvalue weighted by molar-refractivity contribution is -0.138. The van der Waals surface area contributed by atoms with E-state index in [1.807, 2.05) is 85.6 Å². The van der Waals surface area contributed by atoms with Crippen molar-refractivity contribution in [2.75, 3.05) is 7.05 Å². The summed E-state index contributed by atoms with van der Waals surface area (Å²) in [4.78, 5) is 30.1. The molecule has 0 atom stereocenters. The number of carbonyl (C=O) groups is 2. The SMILES string of the molecule is Cc1ccc(C2=C(N(C)Cc3ccccc3)C(=O)N(Cc3ccc(Cl)cc3)C2=O)cc1. The Hall–Kier alpha value is -3.37. The number of imide groups is 1. The standard InChI is InChI=1S/C26H23ClN2O2/c1-18-8-12-21(13-9-18)23-24(28(2)16-19-6-4-3-5-7-19)26(31)29(25(23)30)17-20-10-14-22(27)15-11-20/h3-15H,16-17H2,1-2H3. The molecular formula is C26H23ClN2O2. The molecule has 3 aromatic carbocycles. The Labute approximate surface area is 187 Å². The second kappa shape index (κ2) is 8.78. The van der Waals surface area contributed by atoms with Gasteiger partial charge in [-0.25, -0.2) is 0 Å². The van der Waals surface area contributed by atoms with Crippen LogP contribution in [0, 0.1) is 6.92 Å². The Balaban J connectivity index is 1.71. The molecule has 156 valence electrons. The molecule has 0 aromatic heterocycles. The maximum Gasteiger partial charge on any atom is 0.278 e. The number of nitrogens with zero attached hydrogens (tertiary/aromatic N) is 2. The molecule has 2 amide bonds. The summed E-state index contributed by atoms with van der Waals surface area (Å²) in [6, 6.07) is 24.8. The molecule has 0 spiro atoms. The highest BCUT2D eigenvalue weighted by atomic mass is 35.5. The average molecular weight is 431 g/mol. The Bertz CT molecular complexity index is 1140. The van der Waals surface area contributed by atoms with Gasteiger partial charge in [-0.2, -0.15) is 0 Å². The van der Waals surface area contributed by atoms with Crippen molar-refractivity contribution in [1.82, 2.24) is 9.80 Å². The second-order valence-electron chi connectivity index (χ2n) is 7.75. The molecule has 0 unspecified atom stereocenters. The van der Waals surface area contributed by atoms with Crippen molar-refractivity contribution in [1.29, 1.82) is 0 Å². The van der Waals surface area contributed by atoms with Crippen LogP contribution in [-0.4, -0.2) is 28.7 Å². The van der Waals surface area contributed by atoms with Gasteiger partial charge < -0.3 is 4.90 Å². The smallest absolute Gasteiger partial charge is 0.278 e. The fraction of sp³-hybridized carbons (Fsp3) is 0.154. The van der Waals surface area contributed by atoms with Gasteiger partial charge in [0.1, 0.15) is 5.70 Å². The van der Waals surface area contributed by atoms with Gasteiger partial charge in [0.25, 0.3) is 11.8 Å². The number of benzene rings is 3. The van der Waals surface area contributed by atoms with E-state index >= 15 is 0 Å². The van der Waals surface area contributed by atoms with E-state index in [0.29, 0.717) is 22.8 Å². The van der Waals surface area contributed by atoms with Crippen LogP contribution in [0.3, 0.4) is 0 Å². The molecule has 1 heterocycles. The zero-order chi connectivity index (χ0) is 22.0. The minimum atomic E-state index is -0.283. The van der Waals surface area contributed by atoms with Gasteiger partial charge in [-0.05, 0) is 35.7 Å². The van der Waals surface area contributed by atoms with Crippen LogP contribution in [0.4, 0.5) is 0 Å². The highest BCUT2D eigenvalue weighted by Gasteiger charge is 2.40. The number of amides is 2. The highest BCUT2D eigenvalue weighted by Crippen LogP contribution is 2.33. The molecule has 1 aliphatic heterocycles. The lowest BCUT2D eigenvalue weighted by atomic mass is 10.0. The topological polar surface area (TPSA) is 40.6 Å². The zero-order valence-corrected chi connectivity index (χ0v) is 18.3. The summed E-state index contributed by atoms with van der Waals surface area (Å²) in [5.74, 6) is -0.562. The van der Waals surface area contributed by atoms with Gasteiger partial charge in [-0.15, -0.1) is 0 Å². The van der Waals surface area contributed by atoms with E-state index in [2.05, 4.69) is 0 Å². The van der Waals surface area contributed by atoms with Crippen molar-refractivity contribution in [3.63, 3.8) is 0 Å². The Morgan fingerprint density at radius 3 is 2.10 bits per heavy atom. The van der Waals surface area contributed by atoms with E-state index in [1.165, 1.54) is 4.90 Å². The largest absolute Gasteiger partial charge is 0.365 e. The van der Waals surface area contributed by atoms with E-state index in [1.54, 1.807) is 12.1 Å². The summed E-state index contributed by atoms with van der Waals surface area (Å²) in [6.45, 7) is 2.72. The van der Waals surface area contributed by atoms with Crippen molar-refractivity contribution >= 4 is 29.0 Å². The first kappa shape index (κ1) is 20.9. The van der Waals surface area contributed by atoms with Crippen LogP contribution in [-0.2, 0) is 22.7 Å². The molecule has 0 fully saturated rings. The summed E-state index contributed by atoms with van der Waals surface area (Å²) in [6.07, 6.45) is 0. The van der Waals surface area contributed by atoms with E-state index in [9.17, 15) is 9.59 Å². The van der Waals surface area contributed by atoms with E-state index in [4.69, 9.17) is 11.6 Å². The van der Waals surface area contributed by atoms with Crippen LogP contribution in [0.5, 0.6) is 0 Å². The summed E-state index contributed by atoms with van der Waals surface area (Å²) in [5.41, 5.74) is 4.62. The van der Waals surface area contributed by atoms with Gasteiger partial charge in [0, 0.05) is 18.6 Å². The lowest BCUT2D eigenvalue weighted by Crippen LogP contribution is -2.33. The molecule has 0 bridgehead atoms. The molecule has 1 aliphatic rings. The molecule has 4 rings (SSSR count). The van der Waals surface area contributed by atoms with Gasteiger partial charge in [-0.3, -0.25) is 14.5 Å². The molecule has 0 N–H and O–H groups in total. The van der Waals surface area contributed by atoms with Gasteiger partial charge in [-0.1, -0.05) is 83.9 Å². The number of likely N-dealkylation sites (N-methyl/N-ethyl adjacent to an activating group) is 1. The molecule has 5 heteroatoms.